The molecule has 0 unspecified atom stereocenters. The van der Waals surface area contributed by atoms with Gasteiger partial charge in [-0.2, -0.15) is 0 Å². The van der Waals surface area contributed by atoms with Gasteiger partial charge in [0.1, 0.15) is 0 Å². The van der Waals surface area contributed by atoms with E-state index in [0.29, 0.717) is 6.61 Å². The van der Waals surface area contributed by atoms with Crippen LogP contribution in [0.25, 0.3) is 0 Å². The molecule has 0 aromatic heterocycles. The highest BCUT2D eigenvalue weighted by atomic mass is 16.6. The number of allylic oxidation sites excluding steroid dienone is 1. The summed E-state index contributed by atoms with van der Waals surface area (Å²) in [5.74, 6) is 0.127. The largest absolute Gasteiger partial charge is 0.481 e. The van der Waals surface area contributed by atoms with Crippen molar-refractivity contribution >= 4 is 0 Å². The number of ether oxygens (including phenoxy) is 1. The topological polar surface area (TPSA) is 29.5 Å². The summed E-state index contributed by atoms with van der Waals surface area (Å²) < 4.78 is 5.31. The predicted molar refractivity (Wildman–Crippen MR) is 92.6 cm³/mol. The summed E-state index contributed by atoms with van der Waals surface area (Å²) in [7, 11) is 0. The molecule has 0 rings (SSSR count). The molecule has 0 aliphatic carbocycles. The van der Waals surface area contributed by atoms with Crippen LogP contribution < -0.4 is 0 Å². The maximum atomic E-state index is 9.53. The van der Waals surface area contributed by atoms with Gasteiger partial charge in [0, 0.05) is 0 Å². The molecule has 2 nitrogen and oxygen atoms in total. The fourth-order valence-electron chi connectivity index (χ4n) is 2.45. The highest BCUT2D eigenvalue weighted by Crippen LogP contribution is 2.11. The van der Waals surface area contributed by atoms with E-state index in [4.69, 9.17) is 4.74 Å². The van der Waals surface area contributed by atoms with E-state index in [1.165, 1.54) is 70.6 Å². The minimum atomic E-state index is 0.127. The van der Waals surface area contributed by atoms with Gasteiger partial charge in [0.25, 0.3) is 5.95 Å². The van der Waals surface area contributed by atoms with Crippen molar-refractivity contribution in [3.05, 3.63) is 12.0 Å². The summed E-state index contributed by atoms with van der Waals surface area (Å²) in [6.45, 7) is 5.11. The molecule has 0 amide bonds. The van der Waals surface area contributed by atoms with Crippen LogP contribution in [-0.2, 0) is 4.74 Å². The van der Waals surface area contributed by atoms with Crippen LogP contribution in [0.2, 0.25) is 0 Å². The average Bonchev–Trinajstić information content (AvgIpc) is 2.49. The maximum absolute atomic E-state index is 9.53. The van der Waals surface area contributed by atoms with Crippen LogP contribution in [0, 0.1) is 0 Å². The molecule has 0 radical (unpaired) electrons. The van der Waals surface area contributed by atoms with Crippen molar-refractivity contribution in [1.29, 1.82) is 0 Å². The van der Waals surface area contributed by atoms with Gasteiger partial charge in [-0.1, -0.05) is 84.5 Å². The van der Waals surface area contributed by atoms with Crippen LogP contribution in [0.1, 0.15) is 104 Å². The second-order valence-corrected chi connectivity index (χ2v) is 6.07. The third kappa shape index (κ3) is 17.3. The second kappa shape index (κ2) is 17.4. The van der Waals surface area contributed by atoms with Crippen molar-refractivity contribution in [1.82, 2.24) is 0 Å². The molecule has 0 aromatic rings. The van der Waals surface area contributed by atoms with Crippen molar-refractivity contribution in [2.24, 2.45) is 0 Å². The van der Waals surface area contributed by atoms with Crippen LogP contribution in [0.4, 0.5) is 0 Å². The molecule has 21 heavy (non-hydrogen) atoms. The van der Waals surface area contributed by atoms with Crippen molar-refractivity contribution < 1.29 is 9.84 Å². The van der Waals surface area contributed by atoms with Crippen molar-refractivity contribution in [3.8, 4) is 0 Å². The summed E-state index contributed by atoms with van der Waals surface area (Å²) in [5.41, 5.74) is 0. The monoisotopic (exact) mass is 298 g/mol. The molecule has 1 N–H and O–H groups in total. The molecular formula is C19H38O2. The van der Waals surface area contributed by atoms with Gasteiger partial charge in [0.2, 0.25) is 0 Å². The number of hydrogen-bond donors (Lipinski definition) is 1. The third-order valence-corrected chi connectivity index (χ3v) is 3.87. The first-order valence-corrected chi connectivity index (χ1v) is 9.33. The van der Waals surface area contributed by atoms with E-state index < -0.39 is 0 Å². The van der Waals surface area contributed by atoms with E-state index in [1.54, 1.807) is 0 Å². The Hall–Kier alpha value is -0.660. The highest BCUT2D eigenvalue weighted by Gasteiger charge is 1.95. The molecule has 0 atom stereocenters. The molecule has 0 aromatic carbocycles. The van der Waals surface area contributed by atoms with Crippen LogP contribution in [0.3, 0.4) is 0 Å². The van der Waals surface area contributed by atoms with Crippen LogP contribution in [0.5, 0.6) is 0 Å². The second-order valence-electron chi connectivity index (χ2n) is 6.07. The molecule has 0 aliphatic rings. The van der Waals surface area contributed by atoms with Crippen molar-refractivity contribution in [2.45, 2.75) is 104 Å². The summed E-state index contributed by atoms with van der Waals surface area (Å²) >= 11 is 0. The smallest absolute Gasteiger partial charge is 0.272 e. The van der Waals surface area contributed by atoms with Gasteiger partial charge < -0.3 is 9.84 Å². The number of hydrogen-bond acceptors (Lipinski definition) is 2. The van der Waals surface area contributed by atoms with Crippen LogP contribution in [0.15, 0.2) is 12.0 Å². The summed E-state index contributed by atoms with van der Waals surface area (Å²) in [6, 6.07) is 0. The van der Waals surface area contributed by atoms with E-state index >= 15 is 0 Å². The molecule has 0 saturated heterocycles. The molecule has 0 aliphatic heterocycles. The zero-order valence-corrected chi connectivity index (χ0v) is 14.5. The SMILES string of the molecule is CCCCCC=C(O)OCCCCCCCCCCCC. The van der Waals surface area contributed by atoms with Gasteiger partial charge >= 0.3 is 0 Å². The minimum absolute atomic E-state index is 0.127. The first kappa shape index (κ1) is 20.3. The molecule has 0 saturated carbocycles. The lowest BCUT2D eigenvalue weighted by molar-refractivity contribution is 0.0891. The molecular weight excluding hydrogens is 260 g/mol. The quantitative estimate of drug-likeness (QED) is 0.248. The Morgan fingerprint density at radius 1 is 0.714 bits per heavy atom. The van der Waals surface area contributed by atoms with Gasteiger partial charge in [-0.3, -0.25) is 0 Å². The fourth-order valence-corrected chi connectivity index (χ4v) is 2.45. The lowest BCUT2D eigenvalue weighted by atomic mass is 10.1. The molecule has 2 heteroatoms. The van der Waals surface area contributed by atoms with Gasteiger partial charge in [-0.25, -0.2) is 0 Å². The van der Waals surface area contributed by atoms with E-state index in [9.17, 15) is 5.11 Å². The minimum Gasteiger partial charge on any atom is -0.481 e. The van der Waals surface area contributed by atoms with Crippen LogP contribution >= 0.6 is 0 Å². The number of unbranched alkanes of at least 4 members (excludes halogenated alkanes) is 12. The summed E-state index contributed by atoms with van der Waals surface area (Å²) in [6.07, 6.45) is 19.6. The molecule has 126 valence electrons. The van der Waals surface area contributed by atoms with Crippen molar-refractivity contribution in [2.75, 3.05) is 6.61 Å². The number of aliphatic hydroxyl groups is 1. The molecule has 0 bridgehead atoms. The third-order valence-electron chi connectivity index (χ3n) is 3.87. The Bertz CT molecular complexity index is 224. The van der Waals surface area contributed by atoms with Gasteiger partial charge in [0.15, 0.2) is 0 Å². The lowest BCUT2D eigenvalue weighted by Gasteiger charge is -2.05. The number of rotatable bonds is 16. The predicted octanol–water partition coefficient (Wildman–Crippen LogP) is 6.90. The highest BCUT2D eigenvalue weighted by molar-refractivity contribution is 4.81. The van der Waals surface area contributed by atoms with E-state index in [1.807, 2.05) is 6.08 Å². The van der Waals surface area contributed by atoms with E-state index in [-0.39, 0.29) is 5.95 Å². The van der Waals surface area contributed by atoms with Gasteiger partial charge in [-0.05, 0) is 25.3 Å². The Labute approximate surface area is 133 Å². The summed E-state index contributed by atoms with van der Waals surface area (Å²) in [4.78, 5) is 0. The zero-order valence-electron chi connectivity index (χ0n) is 14.5. The Kier molecular flexibility index (Phi) is 16.8. The van der Waals surface area contributed by atoms with E-state index in [2.05, 4.69) is 13.8 Å². The zero-order chi connectivity index (χ0) is 15.6. The van der Waals surface area contributed by atoms with Gasteiger partial charge in [0.05, 0.1) is 6.61 Å². The normalized spacial score (nSPS) is 11.8. The fraction of sp³-hybridized carbons (Fsp3) is 0.895. The Balaban J connectivity index is 3.17. The standard InChI is InChI=1S/C19H38O2/c1-3-5-7-9-10-11-12-13-14-16-18-21-19(20)17-15-8-6-4-2/h17,20H,3-16,18H2,1-2H3. The van der Waals surface area contributed by atoms with Crippen molar-refractivity contribution in [3.63, 3.8) is 0 Å². The Morgan fingerprint density at radius 2 is 1.19 bits per heavy atom. The maximum Gasteiger partial charge on any atom is 0.272 e. The molecule has 0 heterocycles. The summed E-state index contributed by atoms with van der Waals surface area (Å²) in [5, 5.41) is 9.53. The van der Waals surface area contributed by atoms with Crippen LogP contribution in [-0.4, -0.2) is 11.7 Å². The molecule has 0 fully saturated rings. The molecule has 0 spiro atoms. The average molecular weight is 299 g/mol. The first-order valence-electron chi connectivity index (χ1n) is 9.33. The van der Waals surface area contributed by atoms with Gasteiger partial charge in [-0.15, -0.1) is 0 Å². The Morgan fingerprint density at radius 3 is 1.76 bits per heavy atom. The van der Waals surface area contributed by atoms with E-state index in [0.717, 1.165) is 19.3 Å². The lowest BCUT2D eigenvalue weighted by Crippen LogP contribution is -1.95. The first-order chi connectivity index (χ1) is 10.3. The number of aliphatic hydroxyl groups excluding tert-OH is 1.